The first-order valence-electron chi connectivity index (χ1n) is 11.9. The molecule has 1 atom stereocenters. The molecule has 0 aromatic heterocycles. The van der Waals surface area contributed by atoms with Crippen molar-refractivity contribution in [3.63, 3.8) is 0 Å². The summed E-state index contributed by atoms with van der Waals surface area (Å²) in [4.78, 5) is 28.0. The highest BCUT2D eigenvalue weighted by atomic mass is 32.2. The van der Waals surface area contributed by atoms with Crippen molar-refractivity contribution < 1.29 is 27.5 Å². The number of anilines is 1. The number of benzene rings is 3. The number of hydrogen-bond acceptors (Lipinski definition) is 6. The van der Waals surface area contributed by atoms with Crippen LogP contribution in [0.4, 0.5) is 5.69 Å². The van der Waals surface area contributed by atoms with Gasteiger partial charge in [0.2, 0.25) is 10.0 Å². The molecule has 1 aliphatic rings. The second kappa shape index (κ2) is 11.4. The van der Waals surface area contributed by atoms with Gasteiger partial charge < -0.3 is 19.7 Å². The van der Waals surface area contributed by atoms with Gasteiger partial charge in [0, 0.05) is 18.7 Å². The fourth-order valence-electron chi connectivity index (χ4n) is 3.95. The number of nitrogens with one attached hydrogen (secondary N) is 2. The first kappa shape index (κ1) is 26.2. The number of rotatable bonds is 9. The smallest absolute Gasteiger partial charge is 0.263 e. The predicted octanol–water partition coefficient (Wildman–Crippen LogP) is 3.11. The van der Waals surface area contributed by atoms with E-state index in [0.717, 1.165) is 5.56 Å². The molecule has 0 aliphatic carbocycles. The highest BCUT2D eigenvalue weighted by Crippen LogP contribution is 2.35. The number of ether oxygens (including phenoxy) is 2. The van der Waals surface area contributed by atoms with Crippen molar-refractivity contribution in [1.29, 1.82) is 0 Å². The minimum Gasteiger partial charge on any atom is -0.495 e. The van der Waals surface area contributed by atoms with Crippen molar-refractivity contribution in [2.75, 3.05) is 25.1 Å². The Morgan fingerprint density at radius 2 is 1.78 bits per heavy atom. The number of hydrogen-bond donors (Lipinski definition) is 2. The van der Waals surface area contributed by atoms with Gasteiger partial charge in [-0.05, 0) is 42.3 Å². The van der Waals surface area contributed by atoms with E-state index in [-0.39, 0.29) is 35.2 Å². The molecule has 0 fully saturated rings. The van der Waals surface area contributed by atoms with Crippen molar-refractivity contribution in [2.45, 2.75) is 30.9 Å². The predicted molar refractivity (Wildman–Crippen MR) is 139 cm³/mol. The third-order valence-electron chi connectivity index (χ3n) is 5.86. The third-order valence-corrected chi connectivity index (χ3v) is 7.35. The molecule has 2 N–H and O–H groups in total. The Morgan fingerprint density at radius 3 is 2.51 bits per heavy atom. The van der Waals surface area contributed by atoms with Crippen LogP contribution in [-0.2, 0) is 21.4 Å². The van der Waals surface area contributed by atoms with Gasteiger partial charge in [0.15, 0.2) is 6.10 Å². The van der Waals surface area contributed by atoms with Crippen LogP contribution in [0, 0.1) is 0 Å². The summed E-state index contributed by atoms with van der Waals surface area (Å²) in [6.45, 7) is 2.38. The summed E-state index contributed by atoms with van der Waals surface area (Å²) in [5.74, 6) is -0.322. The average Bonchev–Trinajstić information content (AvgIpc) is 2.94. The first-order chi connectivity index (χ1) is 17.8. The molecule has 3 aromatic rings. The van der Waals surface area contributed by atoms with Crippen molar-refractivity contribution in [3.05, 3.63) is 83.9 Å². The SMILES string of the molecule is CCCNS(=O)(=O)c1cc(C(=O)N2C[C@@H](C(=O)NCc3ccccc3)Oc3ccccc32)ccc1OC. The van der Waals surface area contributed by atoms with E-state index in [1.807, 2.05) is 37.3 Å². The zero-order valence-corrected chi connectivity index (χ0v) is 21.5. The second-order valence-corrected chi connectivity index (χ2v) is 10.2. The monoisotopic (exact) mass is 523 g/mol. The van der Waals surface area contributed by atoms with E-state index in [4.69, 9.17) is 9.47 Å². The Hall–Kier alpha value is -3.89. The molecule has 1 heterocycles. The molecule has 2 amide bonds. The standard InChI is InChI=1S/C27H29N3O6S/c1-3-15-29-37(33,34)25-16-20(13-14-23(25)35-2)27(32)30-18-24(36-22-12-8-7-11-21(22)30)26(31)28-17-19-9-5-4-6-10-19/h4-14,16,24,29H,3,15,17-18H2,1-2H3,(H,28,31)/t24-/m0/s1. The van der Waals surface area contributed by atoms with Crippen molar-refractivity contribution >= 4 is 27.5 Å². The summed E-state index contributed by atoms with van der Waals surface area (Å²) in [5.41, 5.74) is 1.56. The van der Waals surface area contributed by atoms with Gasteiger partial charge >= 0.3 is 0 Å². The van der Waals surface area contributed by atoms with Gasteiger partial charge in [0.1, 0.15) is 16.4 Å². The Kier molecular flexibility index (Phi) is 8.10. The summed E-state index contributed by atoms with van der Waals surface area (Å²) in [6.07, 6.45) is -0.339. The van der Waals surface area contributed by atoms with E-state index in [1.54, 1.807) is 24.3 Å². The molecule has 0 unspecified atom stereocenters. The van der Waals surface area contributed by atoms with Crippen LogP contribution in [0.1, 0.15) is 29.3 Å². The van der Waals surface area contributed by atoms with E-state index < -0.39 is 22.0 Å². The quantitative estimate of drug-likeness (QED) is 0.446. The number of nitrogens with zero attached hydrogens (tertiary/aromatic N) is 1. The van der Waals surface area contributed by atoms with Crippen LogP contribution in [0.25, 0.3) is 0 Å². The third kappa shape index (κ3) is 5.92. The molecule has 0 bridgehead atoms. The zero-order chi connectivity index (χ0) is 26.4. The molecule has 0 saturated heterocycles. The van der Waals surface area contributed by atoms with Gasteiger partial charge in [-0.15, -0.1) is 0 Å². The Balaban J connectivity index is 1.61. The lowest BCUT2D eigenvalue weighted by Crippen LogP contribution is -2.50. The minimum absolute atomic E-state index is 0.0430. The van der Waals surface area contributed by atoms with Gasteiger partial charge in [-0.1, -0.05) is 49.4 Å². The zero-order valence-electron chi connectivity index (χ0n) is 20.6. The maximum atomic E-state index is 13.7. The molecule has 0 radical (unpaired) electrons. The lowest BCUT2D eigenvalue weighted by atomic mass is 10.1. The fourth-order valence-corrected chi connectivity index (χ4v) is 5.28. The molecule has 3 aromatic carbocycles. The Morgan fingerprint density at radius 1 is 1.05 bits per heavy atom. The largest absolute Gasteiger partial charge is 0.495 e. The molecular weight excluding hydrogens is 494 g/mol. The molecular formula is C27H29N3O6S. The van der Waals surface area contributed by atoms with Gasteiger partial charge in [-0.25, -0.2) is 13.1 Å². The molecule has 0 spiro atoms. The number of methoxy groups -OCH3 is 1. The summed E-state index contributed by atoms with van der Waals surface area (Å²) in [5, 5.41) is 2.86. The van der Waals surface area contributed by atoms with Crippen LogP contribution in [0.15, 0.2) is 77.7 Å². The van der Waals surface area contributed by atoms with Gasteiger partial charge in [0.05, 0.1) is 19.3 Å². The molecule has 1 aliphatic heterocycles. The summed E-state index contributed by atoms with van der Waals surface area (Å²) in [7, 11) is -2.54. The van der Waals surface area contributed by atoms with E-state index in [1.165, 1.54) is 30.2 Å². The van der Waals surface area contributed by atoms with Crippen molar-refractivity contribution in [3.8, 4) is 11.5 Å². The maximum absolute atomic E-state index is 13.7. The van der Waals surface area contributed by atoms with Crippen LogP contribution in [-0.4, -0.2) is 46.5 Å². The Bertz CT molecular complexity index is 1380. The highest BCUT2D eigenvalue weighted by molar-refractivity contribution is 7.89. The molecule has 37 heavy (non-hydrogen) atoms. The molecule has 10 heteroatoms. The normalized spacial score (nSPS) is 14.9. The number of para-hydroxylation sites is 2. The number of carbonyl (C=O) groups excluding carboxylic acids is 2. The first-order valence-corrected chi connectivity index (χ1v) is 13.4. The summed E-state index contributed by atoms with van der Waals surface area (Å²) in [6, 6.07) is 20.6. The average molecular weight is 524 g/mol. The van der Waals surface area contributed by atoms with Crippen LogP contribution in [0.5, 0.6) is 11.5 Å². The van der Waals surface area contributed by atoms with Gasteiger partial charge in [0.25, 0.3) is 11.8 Å². The van der Waals surface area contributed by atoms with Crippen LogP contribution in [0.2, 0.25) is 0 Å². The molecule has 4 rings (SSSR count). The lowest BCUT2D eigenvalue weighted by molar-refractivity contribution is -0.128. The van der Waals surface area contributed by atoms with E-state index in [0.29, 0.717) is 24.4 Å². The second-order valence-electron chi connectivity index (χ2n) is 8.46. The summed E-state index contributed by atoms with van der Waals surface area (Å²) >= 11 is 0. The minimum atomic E-state index is -3.90. The van der Waals surface area contributed by atoms with Crippen molar-refractivity contribution in [1.82, 2.24) is 10.0 Å². The Labute approximate surface area is 216 Å². The lowest BCUT2D eigenvalue weighted by Gasteiger charge is -2.34. The topological polar surface area (TPSA) is 114 Å². The van der Waals surface area contributed by atoms with E-state index in [2.05, 4.69) is 10.0 Å². The van der Waals surface area contributed by atoms with Crippen LogP contribution >= 0.6 is 0 Å². The van der Waals surface area contributed by atoms with Crippen LogP contribution < -0.4 is 24.4 Å². The number of amides is 2. The van der Waals surface area contributed by atoms with Gasteiger partial charge in [-0.3, -0.25) is 9.59 Å². The number of carbonyl (C=O) groups is 2. The van der Waals surface area contributed by atoms with E-state index in [9.17, 15) is 18.0 Å². The molecule has 9 nitrogen and oxygen atoms in total. The number of fused-ring (bicyclic) bond motifs is 1. The molecule has 194 valence electrons. The van der Waals surface area contributed by atoms with Crippen molar-refractivity contribution in [2.24, 2.45) is 0 Å². The fraction of sp³-hybridized carbons (Fsp3) is 0.259. The van der Waals surface area contributed by atoms with Gasteiger partial charge in [-0.2, -0.15) is 0 Å². The number of sulfonamides is 1. The molecule has 0 saturated carbocycles. The van der Waals surface area contributed by atoms with E-state index >= 15 is 0 Å². The maximum Gasteiger partial charge on any atom is 0.263 e. The highest BCUT2D eigenvalue weighted by Gasteiger charge is 2.34. The summed E-state index contributed by atoms with van der Waals surface area (Å²) < 4.78 is 39.4. The van der Waals surface area contributed by atoms with Crippen LogP contribution in [0.3, 0.4) is 0 Å².